The Balaban J connectivity index is 3.38. The summed E-state index contributed by atoms with van der Waals surface area (Å²) in [6.07, 6.45) is 1.88. The van der Waals surface area contributed by atoms with Gasteiger partial charge in [-0.3, -0.25) is 0 Å². The smallest absolute Gasteiger partial charge is 0.117 e. The highest BCUT2D eigenvalue weighted by Gasteiger charge is 1.88. The minimum absolute atomic E-state index is 0.562. The van der Waals surface area contributed by atoms with Crippen LogP contribution in [0.1, 0.15) is 6.92 Å². The van der Waals surface area contributed by atoms with Crippen LogP contribution in [0.4, 0.5) is 0 Å². The van der Waals surface area contributed by atoms with Crippen LogP contribution in [0.25, 0.3) is 0 Å². The monoisotopic (exact) mass is 116 g/mol. The molecule has 0 atom stereocenters. The summed E-state index contributed by atoms with van der Waals surface area (Å²) in [5.41, 5.74) is 0. The van der Waals surface area contributed by atoms with E-state index in [4.69, 9.17) is 9.47 Å². The normalized spacial score (nSPS) is 11.6. The Morgan fingerprint density at radius 2 is 2.12 bits per heavy atom. The third-order valence-corrected chi connectivity index (χ3v) is 0.871. The molecular formula is C6H12O2. The second-order valence-corrected chi connectivity index (χ2v) is 1.39. The molecule has 0 unspecified atom stereocenters. The highest BCUT2D eigenvalue weighted by molar-refractivity contribution is 4.89. The SMILES string of the molecule is C/C=C(/COC)OC. The van der Waals surface area contributed by atoms with Gasteiger partial charge in [0.05, 0.1) is 7.11 Å². The fraction of sp³-hybridized carbons (Fsp3) is 0.667. The van der Waals surface area contributed by atoms with Gasteiger partial charge in [0, 0.05) is 7.11 Å². The maximum absolute atomic E-state index is 4.88. The van der Waals surface area contributed by atoms with Crippen LogP contribution >= 0.6 is 0 Å². The lowest BCUT2D eigenvalue weighted by Gasteiger charge is -2.01. The molecule has 0 fully saturated rings. The molecule has 0 saturated carbocycles. The van der Waals surface area contributed by atoms with Crippen LogP contribution in [0.15, 0.2) is 11.8 Å². The molecule has 0 spiro atoms. The lowest BCUT2D eigenvalue weighted by molar-refractivity contribution is 0.159. The van der Waals surface area contributed by atoms with E-state index >= 15 is 0 Å². The van der Waals surface area contributed by atoms with E-state index in [1.165, 1.54) is 0 Å². The van der Waals surface area contributed by atoms with Gasteiger partial charge in [-0.2, -0.15) is 0 Å². The zero-order valence-electron chi connectivity index (χ0n) is 5.60. The predicted octanol–water partition coefficient (Wildman–Crippen LogP) is 1.18. The van der Waals surface area contributed by atoms with Crippen molar-refractivity contribution in [3.8, 4) is 0 Å². The average Bonchev–Trinajstić information content (AvgIpc) is 1.83. The minimum Gasteiger partial charge on any atom is -0.499 e. The first-order valence-corrected chi connectivity index (χ1v) is 2.53. The van der Waals surface area contributed by atoms with Crippen LogP contribution in [-0.2, 0) is 9.47 Å². The Hall–Kier alpha value is -0.500. The Morgan fingerprint density at radius 1 is 1.50 bits per heavy atom. The molecular weight excluding hydrogens is 104 g/mol. The fourth-order valence-corrected chi connectivity index (χ4v) is 0.402. The van der Waals surface area contributed by atoms with E-state index in [0.717, 1.165) is 5.76 Å². The van der Waals surface area contributed by atoms with Crippen LogP contribution in [0.2, 0.25) is 0 Å². The maximum atomic E-state index is 4.88. The zero-order valence-corrected chi connectivity index (χ0v) is 5.60. The summed E-state index contributed by atoms with van der Waals surface area (Å²) in [6, 6.07) is 0. The van der Waals surface area contributed by atoms with Gasteiger partial charge in [-0.05, 0) is 13.0 Å². The second-order valence-electron chi connectivity index (χ2n) is 1.39. The molecule has 0 heterocycles. The van der Waals surface area contributed by atoms with Crippen LogP contribution in [-0.4, -0.2) is 20.8 Å². The second kappa shape index (κ2) is 4.65. The molecule has 0 aromatic heterocycles. The standard InChI is InChI=1S/C6H12O2/c1-4-6(8-3)5-7-2/h4H,5H2,1-3H3/b6-4-. The first-order chi connectivity index (χ1) is 3.85. The Kier molecular flexibility index (Phi) is 4.36. The first kappa shape index (κ1) is 7.50. The van der Waals surface area contributed by atoms with Gasteiger partial charge in [-0.25, -0.2) is 0 Å². The predicted molar refractivity (Wildman–Crippen MR) is 32.6 cm³/mol. The molecule has 0 bridgehead atoms. The number of hydrogen-bond donors (Lipinski definition) is 0. The quantitative estimate of drug-likeness (QED) is 0.515. The van der Waals surface area contributed by atoms with E-state index in [9.17, 15) is 0 Å². The topological polar surface area (TPSA) is 18.5 Å². The lowest BCUT2D eigenvalue weighted by Crippen LogP contribution is -1.94. The van der Waals surface area contributed by atoms with E-state index < -0.39 is 0 Å². The Morgan fingerprint density at radius 3 is 2.25 bits per heavy atom. The molecule has 0 rings (SSSR count). The molecule has 48 valence electrons. The van der Waals surface area contributed by atoms with Gasteiger partial charge < -0.3 is 9.47 Å². The third kappa shape index (κ3) is 2.64. The molecule has 0 aliphatic heterocycles. The van der Waals surface area contributed by atoms with E-state index in [0.29, 0.717) is 6.61 Å². The number of methoxy groups -OCH3 is 2. The lowest BCUT2D eigenvalue weighted by atomic mass is 10.5. The minimum atomic E-state index is 0.562. The van der Waals surface area contributed by atoms with Gasteiger partial charge in [-0.1, -0.05) is 0 Å². The van der Waals surface area contributed by atoms with Crippen molar-refractivity contribution in [1.82, 2.24) is 0 Å². The highest BCUT2D eigenvalue weighted by Crippen LogP contribution is 1.92. The van der Waals surface area contributed by atoms with Crippen LogP contribution in [0.3, 0.4) is 0 Å². The molecule has 0 aliphatic rings. The first-order valence-electron chi connectivity index (χ1n) is 2.53. The van der Waals surface area contributed by atoms with Crippen molar-refractivity contribution in [2.75, 3.05) is 20.8 Å². The van der Waals surface area contributed by atoms with Crippen molar-refractivity contribution in [2.24, 2.45) is 0 Å². The number of rotatable bonds is 3. The summed E-state index contributed by atoms with van der Waals surface area (Å²) in [7, 11) is 3.27. The molecule has 0 N–H and O–H groups in total. The summed E-state index contributed by atoms with van der Waals surface area (Å²) >= 11 is 0. The van der Waals surface area contributed by atoms with Crippen molar-refractivity contribution in [3.63, 3.8) is 0 Å². The van der Waals surface area contributed by atoms with Gasteiger partial charge in [0.15, 0.2) is 0 Å². The van der Waals surface area contributed by atoms with Gasteiger partial charge in [-0.15, -0.1) is 0 Å². The maximum Gasteiger partial charge on any atom is 0.117 e. The number of ether oxygens (including phenoxy) is 2. The van der Waals surface area contributed by atoms with E-state index in [2.05, 4.69) is 0 Å². The molecule has 8 heavy (non-hydrogen) atoms. The summed E-state index contributed by atoms with van der Waals surface area (Å²) in [5.74, 6) is 0.868. The number of hydrogen-bond acceptors (Lipinski definition) is 2. The Labute approximate surface area is 50.1 Å². The molecule has 0 radical (unpaired) electrons. The van der Waals surface area contributed by atoms with Crippen molar-refractivity contribution in [2.45, 2.75) is 6.92 Å². The van der Waals surface area contributed by atoms with Crippen LogP contribution < -0.4 is 0 Å². The number of allylic oxidation sites excluding steroid dienone is 1. The zero-order chi connectivity index (χ0) is 6.41. The Bertz CT molecular complexity index is 76.6. The van der Waals surface area contributed by atoms with Crippen molar-refractivity contribution in [3.05, 3.63) is 11.8 Å². The van der Waals surface area contributed by atoms with E-state index in [1.54, 1.807) is 14.2 Å². The third-order valence-electron chi connectivity index (χ3n) is 0.871. The summed E-state index contributed by atoms with van der Waals surface area (Å²) < 4.78 is 9.67. The molecule has 0 amide bonds. The van der Waals surface area contributed by atoms with E-state index in [-0.39, 0.29) is 0 Å². The van der Waals surface area contributed by atoms with Gasteiger partial charge >= 0.3 is 0 Å². The largest absolute Gasteiger partial charge is 0.499 e. The molecule has 0 aromatic carbocycles. The molecule has 2 nitrogen and oxygen atoms in total. The van der Waals surface area contributed by atoms with Crippen LogP contribution in [0, 0.1) is 0 Å². The van der Waals surface area contributed by atoms with Crippen molar-refractivity contribution >= 4 is 0 Å². The molecule has 0 aliphatic carbocycles. The van der Waals surface area contributed by atoms with Gasteiger partial charge in [0.1, 0.15) is 12.4 Å². The van der Waals surface area contributed by atoms with Crippen LogP contribution in [0.5, 0.6) is 0 Å². The van der Waals surface area contributed by atoms with Crippen molar-refractivity contribution in [1.29, 1.82) is 0 Å². The summed E-state index contributed by atoms with van der Waals surface area (Å²) in [6.45, 7) is 2.48. The van der Waals surface area contributed by atoms with Gasteiger partial charge in [0.2, 0.25) is 0 Å². The van der Waals surface area contributed by atoms with E-state index in [1.807, 2.05) is 13.0 Å². The fourth-order valence-electron chi connectivity index (χ4n) is 0.402. The highest BCUT2D eigenvalue weighted by atomic mass is 16.5. The average molecular weight is 116 g/mol. The molecule has 2 heteroatoms. The summed E-state index contributed by atoms with van der Waals surface area (Å²) in [4.78, 5) is 0. The summed E-state index contributed by atoms with van der Waals surface area (Å²) in [5, 5.41) is 0. The molecule has 0 saturated heterocycles. The van der Waals surface area contributed by atoms with Gasteiger partial charge in [0.25, 0.3) is 0 Å². The van der Waals surface area contributed by atoms with Crippen molar-refractivity contribution < 1.29 is 9.47 Å². The molecule has 0 aromatic rings.